The molecule has 0 aliphatic rings. The summed E-state index contributed by atoms with van der Waals surface area (Å²) < 4.78 is 5.17. The highest BCUT2D eigenvalue weighted by atomic mass is 32.9. The molecule has 14 heavy (non-hydrogen) atoms. The number of benzene rings is 1. The van der Waals surface area contributed by atoms with Crippen LogP contribution in [-0.4, -0.2) is 7.11 Å². The highest BCUT2D eigenvalue weighted by Crippen LogP contribution is 2.26. The van der Waals surface area contributed by atoms with E-state index in [9.17, 15) is 4.79 Å². The molecule has 0 fully saturated rings. The minimum absolute atomic E-state index is 0.112. The van der Waals surface area contributed by atoms with E-state index in [-0.39, 0.29) is 4.74 Å². The van der Waals surface area contributed by atoms with Crippen molar-refractivity contribution in [1.29, 1.82) is 0 Å². The van der Waals surface area contributed by atoms with Crippen LogP contribution < -0.4 is 9.48 Å². The second-order valence-corrected chi connectivity index (χ2v) is 4.90. The third-order valence-electron chi connectivity index (χ3n) is 1.84. The summed E-state index contributed by atoms with van der Waals surface area (Å²) in [6.45, 7) is 0. The van der Waals surface area contributed by atoms with Crippen LogP contribution in [0.3, 0.4) is 0 Å². The first-order chi connectivity index (χ1) is 6.79. The van der Waals surface area contributed by atoms with E-state index in [0.29, 0.717) is 0 Å². The molecule has 2 aromatic rings. The second kappa shape index (κ2) is 3.94. The van der Waals surface area contributed by atoms with Crippen LogP contribution in [0, 0.1) is 0 Å². The smallest absolute Gasteiger partial charge is 0.243 e. The molecule has 0 amide bonds. The molecule has 1 aromatic carbocycles. The van der Waals surface area contributed by atoms with Gasteiger partial charge >= 0.3 is 0 Å². The number of hydrogen-bond donors (Lipinski definition) is 0. The average molecular weight is 224 g/mol. The predicted octanol–water partition coefficient (Wildman–Crippen LogP) is 2.85. The minimum Gasteiger partial charge on any atom is -0.497 e. The summed E-state index contributed by atoms with van der Waals surface area (Å²) in [4.78, 5) is 12.0. The summed E-state index contributed by atoms with van der Waals surface area (Å²) in [6, 6.07) is 9.36. The van der Waals surface area contributed by atoms with Crippen molar-refractivity contribution >= 4 is 20.7 Å². The van der Waals surface area contributed by atoms with E-state index in [1.165, 1.54) is 20.7 Å². The van der Waals surface area contributed by atoms with Crippen molar-refractivity contribution in [2.75, 3.05) is 7.11 Å². The van der Waals surface area contributed by atoms with E-state index in [1.807, 2.05) is 24.3 Å². The standard InChI is InChI=1S/C10H8O2S2/c1-12-8-4-2-7(3-5-8)9-6-10(11)14-13-9/h2-6H,1H3. The fourth-order valence-corrected chi connectivity index (χ4v) is 3.02. The van der Waals surface area contributed by atoms with Gasteiger partial charge in [-0.05, 0) is 40.2 Å². The van der Waals surface area contributed by atoms with Gasteiger partial charge < -0.3 is 4.74 Å². The number of hydrogen-bond acceptors (Lipinski definition) is 4. The Hall–Kier alpha value is -1.13. The molecule has 0 saturated heterocycles. The number of methoxy groups -OCH3 is 1. The van der Waals surface area contributed by atoms with Gasteiger partial charge in [0.2, 0.25) is 4.74 Å². The number of rotatable bonds is 2. The molecule has 72 valence electrons. The molecular formula is C10H8O2S2. The molecule has 2 nitrogen and oxygen atoms in total. The van der Waals surface area contributed by atoms with Crippen LogP contribution in [0.4, 0.5) is 0 Å². The van der Waals surface area contributed by atoms with Gasteiger partial charge in [-0.25, -0.2) is 0 Å². The third-order valence-corrected chi connectivity index (χ3v) is 4.02. The van der Waals surface area contributed by atoms with Crippen molar-refractivity contribution in [3.8, 4) is 16.2 Å². The van der Waals surface area contributed by atoms with Crippen molar-refractivity contribution in [3.05, 3.63) is 39.9 Å². The summed E-state index contributed by atoms with van der Waals surface area (Å²) in [5.74, 6) is 0.830. The van der Waals surface area contributed by atoms with Crippen molar-refractivity contribution in [2.24, 2.45) is 0 Å². The van der Waals surface area contributed by atoms with Crippen molar-refractivity contribution in [3.63, 3.8) is 0 Å². The lowest BCUT2D eigenvalue weighted by Gasteiger charge is -1.99. The van der Waals surface area contributed by atoms with Crippen molar-refractivity contribution in [1.82, 2.24) is 0 Å². The molecule has 0 radical (unpaired) electrons. The van der Waals surface area contributed by atoms with E-state index in [4.69, 9.17) is 4.74 Å². The maximum absolute atomic E-state index is 11.0. The summed E-state index contributed by atoms with van der Waals surface area (Å²) in [5.41, 5.74) is 1.06. The van der Waals surface area contributed by atoms with Crippen LogP contribution in [0.1, 0.15) is 0 Å². The van der Waals surface area contributed by atoms with Crippen LogP contribution in [0.5, 0.6) is 5.75 Å². The van der Waals surface area contributed by atoms with Crippen LogP contribution in [-0.2, 0) is 0 Å². The summed E-state index contributed by atoms with van der Waals surface area (Å²) in [6.07, 6.45) is 0. The van der Waals surface area contributed by atoms with Crippen LogP contribution in [0.25, 0.3) is 10.4 Å². The van der Waals surface area contributed by atoms with Crippen LogP contribution in [0.15, 0.2) is 35.1 Å². The third kappa shape index (κ3) is 1.86. The zero-order chi connectivity index (χ0) is 9.97. The maximum Gasteiger partial charge on any atom is 0.243 e. The van der Waals surface area contributed by atoms with E-state index in [1.54, 1.807) is 13.2 Å². The van der Waals surface area contributed by atoms with Gasteiger partial charge in [0.25, 0.3) is 0 Å². The lowest BCUT2D eigenvalue weighted by atomic mass is 10.2. The molecule has 4 heteroatoms. The molecule has 0 atom stereocenters. The average Bonchev–Trinajstić information content (AvgIpc) is 2.65. The second-order valence-electron chi connectivity index (χ2n) is 2.72. The zero-order valence-electron chi connectivity index (χ0n) is 7.52. The SMILES string of the molecule is COc1ccc(-c2cc(=O)ss2)cc1. The highest BCUT2D eigenvalue weighted by molar-refractivity contribution is 7.69. The first-order valence-corrected chi connectivity index (χ1v) is 6.19. The molecule has 0 unspecified atom stereocenters. The molecule has 2 rings (SSSR count). The molecule has 1 aromatic heterocycles. The molecule has 0 saturated carbocycles. The van der Waals surface area contributed by atoms with Crippen LogP contribution >= 0.6 is 20.7 Å². The summed E-state index contributed by atoms with van der Waals surface area (Å²) >= 11 is 0. The van der Waals surface area contributed by atoms with Gasteiger partial charge in [0.05, 0.1) is 7.11 Å². The highest BCUT2D eigenvalue weighted by Gasteiger charge is 2.01. The first-order valence-electron chi connectivity index (χ1n) is 4.04. The Morgan fingerprint density at radius 3 is 2.36 bits per heavy atom. The van der Waals surface area contributed by atoms with Gasteiger partial charge in [-0.15, -0.1) is 0 Å². The predicted molar refractivity (Wildman–Crippen MR) is 60.5 cm³/mol. The number of ether oxygens (including phenoxy) is 1. The normalized spacial score (nSPS) is 10.1. The first kappa shape index (κ1) is 9.43. The topological polar surface area (TPSA) is 26.3 Å². The van der Waals surface area contributed by atoms with E-state index >= 15 is 0 Å². The Balaban J connectivity index is 2.38. The van der Waals surface area contributed by atoms with E-state index in [0.717, 1.165) is 16.2 Å². The lowest BCUT2D eigenvalue weighted by molar-refractivity contribution is 0.415. The molecule has 1 heterocycles. The van der Waals surface area contributed by atoms with Crippen molar-refractivity contribution < 1.29 is 4.74 Å². The Bertz CT molecular complexity index is 467. The Labute approximate surface area is 88.8 Å². The van der Waals surface area contributed by atoms with E-state index < -0.39 is 0 Å². The molecule has 0 spiro atoms. The Morgan fingerprint density at radius 2 is 1.86 bits per heavy atom. The van der Waals surface area contributed by atoms with Crippen LogP contribution in [0.2, 0.25) is 0 Å². The maximum atomic E-state index is 11.0. The van der Waals surface area contributed by atoms with Gasteiger partial charge in [0.15, 0.2) is 0 Å². The van der Waals surface area contributed by atoms with Gasteiger partial charge in [0.1, 0.15) is 5.75 Å². The fraction of sp³-hybridized carbons (Fsp3) is 0.100. The molecule has 0 N–H and O–H groups in total. The lowest BCUT2D eigenvalue weighted by Crippen LogP contribution is -1.83. The minimum atomic E-state index is 0.112. The summed E-state index contributed by atoms with van der Waals surface area (Å²) in [5, 5.41) is 0. The monoisotopic (exact) mass is 224 g/mol. The van der Waals surface area contributed by atoms with Gasteiger partial charge in [0, 0.05) is 10.9 Å². The van der Waals surface area contributed by atoms with E-state index in [2.05, 4.69) is 0 Å². The van der Waals surface area contributed by atoms with Gasteiger partial charge in [-0.2, -0.15) is 0 Å². The Morgan fingerprint density at radius 1 is 1.14 bits per heavy atom. The molecule has 0 aliphatic carbocycles. The Kier molecular flexibility index (Phi) is 2.65. The van der Waals surface area contributed by atoms with Gasteiger partial charge in [-0.1, -0.05) is 10.3 Å². The molecule has 0 bridgehead atoms. The van der Waals surface area contributed by atoms with Gasteiger partial charge in [-0.3, -0.25) is 4.79 Å². The molecule has 0 aliphatic heterocycles. The largest absolute Gasteiger partial charge is 0.497 e. The summed E-state index contributed by atoms with van der Waals surface area (Å²) in [7, 11) is 4.41. The molecular weight excluding hydrogens is 216 g/mol. The van der Waals surface area contributed by atoms with Crippen molar-refractivity contribution in [2.45, 2.75) is 0 Å². The zero-order valence-corrected chi connectivity index (χ0v) is 9.15. The quantitative estimate of drug-likeness (QED) is 0.733. The fourth-order valence-electron chi connectivity index (χ4n) is 1.13.